The second kappa shape index (κ2) is 5.64. The molecule has 4 N–H and O–H groups in total. The molecule has 3 aromatic heterocycles. The molecule has 1 saturated carbocycles. The van der Waals surface area contributed by atoms with Gasteiger partial charge in [-0.25, -0.2) is 4.39 Å². The SMILES string of the molecule is Cc1c(CC2CC2)cnc2c(-c3ccc(F)c4[nH]ncc34)c(N)c(=O)[nH]c12. The van der Waals surface area contributed by atoms with Gasteiger partial charge in [-0.05, 0) is 54.9 Å². The second-order valence-corrected chi connectivity index (χ2v) is 7.28. The molecule has 5 rings (SSSR count). The van der Waals surface area contributed by atoms with Gasteiger partial charge in [-0.2, -0.15) is 5.10 Å². The van der Waals surface area contributed by atoms with Crippen LogP contribution in [0.4, 0.5) is 10.1 Å². The number of benzene rings is 1. The van der Waals surface area contributed by atoms with Crippen LogP contribution in [0.15, 0.2) is 29.3 Å². The molecular formula is C20H18FN5O. The predicted octanol–water partition coefficient (Wildman–Crippen LogP) is 3.45. The summed E-state index contributed by atoms with van der Waals surface area (Å²) in [7, 11) is 0. The quantitative estimate of drug-likeness (QED) is 0.519. The lowest BCUT2D eigenvalue weighted by atomic mass is 9.96. The summed E-state index contributed by atoms with van der Waals surface area (Å²) in [5.74, 6) is 0.306. The summed E-state index contributed by atoms with van der Waals surface area (Å²) in [6.45, 7) is 2.00. The third-order valence-corrected chi connectivity index (χ3v) is 5.47. The smallest absolute Gasteiger partial charge is 0.272 e. The summed E-state index contributed by atoms with van der Waals surface area (Å²) in [5, 5.41) is 7.16. The number of aryl methyl sites for hydroxylation is 1. The molecule has 0 amide bonds. The Morgan fingerprint density at radius 3 is 2.85 bits per heavy atom. The van der Waals surface area contributed by atoms with Gasteiger partial charge in [0.05, 0.1) is 17.2 Å². The molecule has 0 spiro atoms. The Labute approximate surface area is 153 Å². The Morgan fingerprint density at radius 2 is 2.07 bits per heavy atom. The molecule has 0 aliphatic heterocycles. The van der Waals surface area contributed by atoms with Crippen molar-refractivity contribution < 1.29 is 4.39 Å². The fraction of sp³-hybridized carbons (Fsp3) is 0.250. The molecule has 136 valence electrons. The van der Waals surface area contributed by atoms with E-state index < -0.39 is 5.82 Å². The van der Waals surface area contributed by atoms with Crippen LogP contribution in [0.3, 0.4) is 0 Å². The Bertz CT molecular complexity index is 1270. The van der Waals surface area contributed by atoms with Crippen molar-refractivity contribution in [2.75, 3.05) is 5.73 Å². The Kier molecular flexibility index (Phi) is 3.34. The topological polar surface area (TPSA) is 100 Å². The summed E-state index contributed by atoms with van der Waals surface area (Å²) < 4.78 is 14.1. The molecule has 1 aliphatic carbocycles. The standard InChI is InChI=1S/C20H18FN5O/c1-9-11(6-10-2-3-10)7-23-19-15(16(22)20(27)25-17(9)19)12-4-5-14(21)18-13(12)8-24-26-18/h4-5,7-8,10H,2-3,6,22H2,1H3,(H,24,26)(H,25,27). The van der Waals surface area contributed by atoms with Crippen molar-refractivity contribution in [3.8, 4) is 11.1 Å². The van der Waals surface area contributed by atoms with Gasteiger partial charge < -0.3 is 10.7 Å². The average Bonchev–Trinajstić information content (AvgIpc) is 3.32. The summed E-state index contributed by atoms with van der Waals surface area (Å²) in [4.78, 5) is 20.1. The van der Waals surface area contributed by atoms with Gasteiger partial charge in [0, 0.05) is 17.1 Å². The van der Waals surface area contributed by atoms with Crippen LogP contribution in [-0.4, -0.2) is 20.2 Å². The fourth-order valence-corrected chi connectivity index (χ4v) is 3.74. The highest BCUT2D eigenvalue weighted by Gasteiger charge is 2.24. The molecule has 6 nitrogen and oxygen atoms in total. The third kappa shape index (κ3) is 2.42. The van der Waals surface area contributed by atoms with Crippen LogP contribution in [-0.2, 0) is 6.42 Å². The molecule has 27 heavy (non-hydrogen) atoms. The maximum absolute atomic E-state index is 14.1. The van der Waals surface area contributed by atoms with Gasteiger partial charge in [-0.15, -0.1) is 0 Å². The molecule has 0 unspecified atom stereocenters. The number of hydrogen-bond acceptors (Lipinski definition) is 4. The summed E-state index contributed by atoms with van der Waals surface area (Å²) in [5.41, 5.74) is 10.7. The van der Waals surface area contributed by atoms with E-state index in [1.165, 1.54) is 25.1 Å². The van der Waals surface area contributed by atoms with Gasteiger partial charge in [0.25, 0.3) is 5.56 Å². The summed E-state index contributed by atoms with van der Waals surface area (Å²) >= 11 is 0. The molecule has 3 heterocycles. The van der Waals surface area contributed by atoms with Crippen LogP contribution in [0, 0.1) is 18.7 Å². The van der Waals surface area contributed by atoms with Crippen molar-refractivity contribution >= 4 is 27.6 Å². The fourth-order valence-electron chi connectivity index (χ4n) is 3.74. The Hall–Kier alpha value is -3.22. The molecule has 1 aliphatic rings. The van der Waals surface area contributed by atoms with Crippen molar-refractivity contribution in [2.24, 2.45) is 5.92 Å². The number of H-pyrrole nitrogens is 2. The van der Waals surface area contributed by atoms with E-state index in [4.69, 9.17) is 5.73 Å². The van der Waals surface area contributed by atoms with Gasteiger partial charge in [-0.3, -0.25) is 14.9 Å². The predicted molar refractivity (Wildman–Crippen MR) is 103 cm³/mol. The molecule has 0 bridgehead atoms. The van der Waals surface area contributed by atoms with Crippen molar-refractivity contribution in [1.82, 2.24) is 20.2 Å². The number of pyridine rings is 2. The highest BCUT2D eigenvalue weighted by Crippen LogP contribution is 2.38. The minimum absolute atomic E-state index is 0.0680. The summed E-state index contributed by atoms with van der Waals surface area (Å²) in [6.07, 6.45) is 6.87. The van der Waals surface area contributed by atoms with Crippen molar-refractivity contribution in [1.29, 1.82) is 0 Å². The van der Waals surface area contributed by atoms with Gasteiger partial charge in [0.2, 0.25) is 0 Å². The number of aromatic nitrogens is 4. The number of anilines is 1. The number of nitrogens with two attached hydrogens (primary N) is 1. The first-order chi connectivity index (χ1) is 13.0. The van der Waals surface area contributed by atoms with Gasteiger partial charge >= 0.3 is 0 Å². The minimum atomic E-state index is -0.408. The number of nitrogens with zero attached hydrogens (tertiary/aromatic N) is 2. The number of aromatic amines is 2. The number of halogens is 1. The first-order valence-electron chi connectivity index (χ1n) is 8.96. The van der Waals surface area contributed by atoms with Crippen LogP contribution in [0.2, 0.25) is 0 Å². The largest absolute Gasteiger partial charge is 0.394 e. The van der Waals surface area contributed by atoms with Crippen molar-refractivity contribution in [2.45, 2.75) is 26.2 Å². The van der Waals surface area contributed by atoms with E-state index in [9.17, 15) is 9.18 Å². The molecule has 1 aromatic carbocycles. The zero-order valence-electron chi connectivity index (χ0n) is 14.8. The van der Waals surface area contributed by atoms with E-state index in [0.29, 0.717) is 33.5 Å². The lowest BCUT2D eigenvalue weighted by Crippen LogP contribution is -2.15. The van der Waals surface area contributed by atoms with E-state index >= 15 is 0 Å². The lowest BCUT2D eigenvalue weighted by Gasteiger charge is -2.14. The maximum Gasteiger partial charge on any atom is 0.272 e. The Balaban J connectivity index is 1.84. The molecule has 7 heteroatoms. The van der Waals surface area contributed by atoms with E-state index in [1.54, 1.807) is 6.07 Å². The number of nitrogens with one attached hydrogen (secondary N) is 2. The highest BCUT2D eigenvalue weighted by molar-refractivity contribution is 6.06. The Morgan fingerprint density at radius 1 is 1.26 bits per heavy atom. The molecule has 0 atom stereocenters. The number of hydrogen-bond donors (Lipinski definition) is 3. The summed E-state index contributed by atoms with van der Waals surface area (Å²) in [6, 6.07) is 2.96. The number of nitrogen functional groups attached to an aromatic ring is 1. The molecule has 4 aromatic rings. The monoisotopic (exact) mass is 363 g/mol. The van der Waals surface area contributed by atoms with E-state index in [0.717, 1.165) is 17.5 Å². The minimum Gasteiger partial charge on any atom is -0.394 e. The average molecular weight is 363 g/mol. The molecule has 1 fully saturated rings. The van der Waals surface area contributed by atoms with Crippen LogP contribution >= 0.6 is 0 Å². The number of rotatable bonds is 3. The second-order valence-electron chi connectivity index (χ2n) is 7.28. The van der Waals surface area contributed by atoms with Gasteiger partial charge in [-0.1, -0.05) is 6.07 Å². The van der Waals surface area contributed by atoms with Crippen LogP contribution < -0.4 is 11.3 Å². The highest BCUT2D eigenvalue weighted by atomic mass is 19.1. The van der Waals surface area contributed by atoms with Gasteiger partial charge in [0.15, 0.2) is 0 Å². The first-order valence-corrected chi connectivity index (χ1v) is 8.96. The van der Waals surface area contributed by atoms with E-state index in [1.807, 2.05) is 13.1 Å². The zero-order chi connectivity index (χ0) is 18.7. The molecule has 0 radical (unpaired) electrons. The van der Waals surface area contributed by atoms with E-state index in [2.05, 4.69) is 20.2 Å². The molecular weight excluding hydrogens is 345 g/mol. The molecule has 0 saturated heterocycles. The van der Waals surface area contributed by atoms with Crippen molar-refractivity contribution in [3.63, 3.8) is 0 Å². The van der Waals surface area contributed by atoms with Crippen LogP contribution in [0.1, 0.15) is 24.0 Å². The van der Waals surface area contributed by atoms with Gasteiger partial charge in [0.1, 0.15) is 17.0 Å². The number of fused-ring (bicyclic) bond motifs is 2. The van der Waals surface area contributed by atoms with Crippen LogP contribution in [0.5, 0.6) is 0 Å². The van der Waals surface area contributed by atoms with Crippen molar-refractivity contribution in [3.05, 3.63) is 51.8 Å². The lowest BCUT2D eigenvalue weighted by molar-refractivity contribution is 0.636. The third-order valence-electron chi connectivity index (χ3n) is 5.47. The van der Waals surface area contributed by atoms with Crippen LogP contribution in [0.25, 0.3) is 33.1 Å². The maximum atomic E-state index is 14.1. The van der Waals surface area contributed by atoms with E-state index in [-0.39, 0.29) is 16.8 Å². The normalized spacial score (nSPS) is 14.3. The first kappa shape index (κ1) is 16.0. The zero-order valence-corrected chi connectivity index (χ0v) is 14.8.